The largest absolute Gasteiger partial charge is 0.246 e. The number of benzene rings is 1. The topological polar surface area (TPSA) is 38.7 Å². The number of thioether (sulfide) groups is 1. The monoisotopic (exact) mass is 409 g/mol. The van der Waals surface area contributed by atoms with Gasteiger partial charge >= 0.3 is 0 Å². The molecule has 0 spiro atoms. The summed E-state index contributed by atoms with van der Waals surface area (Å²) in [6.07, 6.45) is 3.96. The summed E-state index contributed by atoms with van der Waals surface area (Å²) in [4.78, 5) is 4.92. The van der Waals surface area contributed by atoms with Crippen molar-refractivity contribution in [3.05, 3.63) is 71.1 Å². The van der Waals surface area contributed by atoms with E-state index in [1.807, 2.05) is 24.5 Å². The van der Waals surface area contributed by atoms with Gasteiger partial charge in [-0.1, -0.05) is 26.0 Å². The summed E-state index contributed by atoms with van der Waals surface area (Å²) in [5, 5.41) is 9.82. The molecule has 1 aromatic carbocycles. The predicted octanol–water partition coefficient (Wildman–Crippen LogP) is 5.74. The van der Waals surface area contributed by atoms with Crippen LogP contribution >= 0.6 is 11.8 Å². The van der Waals surface area contributed by atoms with Crippen LogP contribution in [0, 0.1) is 17.0 Å². The van der Waals surface area contributed by atoms with Crippen molar-refractivity contribution in [3.63, 3.8) is 0 Å². The summed E-state index contributed by atoms with van der Waals surface area (Å²) in [6, 6.07) is 11.8. The van der Waals surface area contributed by atoms with Crippen LogP contribution in [0.25, 0.3) is 11.3 Å². The smallest absolute Gasteiger partial charge is 0.135 e. The molecule has 0 saturated heterocycles. The Labute approximate surface area is 173 Å². The van der Waals surface area contributed by atoms with E-state index in [9.17, 15) is 8.78 Å². The van der Waals surface area contributed by atoms with E-state index in [-0.39, 0.29) is 28.0 Å². The fourth-order valence-corrected chi connectivity index (χ4v) is 5.93. The number of rotatable bonds is 3. The Morgan fingerprint density at radius 3 is 2.48 bits per heavy atom. The Bertz CT molecular complexity index is 1110. The van der Waals surface area contributed by atoms with E-state index in [0.29, 0.717) is 0 Å². The number of pyridine rings is 1. The average Bonchev–Trinajstić information content (AvgIpc) is 3.09. The van der Waals surface area contributed by atoms with Gasteiger partial charge in [-0.15, -0.1) is 16.9 Å². The fourth-order valence-electron chi connectivity index (χ4n) is 5.52. The van der Waals surface area contributed by atoms with Gasteiger partial charge in [0.2, 0.25) is 0 Å². The Morgan fingerprint density at radius 1 is 1.03 bits per heavy atom. The first-order valence-corrected chi connectivity index (χ1v) is 11.0. The lowest BCUT2D eigenvalue weighted by atomic mass is 9.66. The second-order valence-electron chi connectivity index (χ2n) is 8.41. The number of nitrogens with zero attached hydrogens (tertiary/aromatic N) is 3. The molecule has 2 aliphatic rings. The van der Waals surface area contributed by atoms with E-state index in [0.717, 1.165) is 34.8 Å². The molecular formula is C23H21F2N3S. The molecule has 6 heteroatoms. The molecule has 0 aliphatic heterocycles. The fraction of sp³-hybridized carbons (Fsp3) is 0.348. The summed E-state index contributed by atoms with van der Waals surface area (Å²) >= 11 is 1.62. The molecule has 0 radical (unpaired) electrons. The van der Waals surface area contributed by atoms with Crippen molar-refractivity contribution in [3.8, 4) is 11.3 Å². The van der Waals surface area contributed by atoms with Crippen LogP contribution in [-0.4, -0.2) is 21.4 Å². The lowest BCUT2D eigenvalue weighted by Crippen LogP contribution is -2.37. The van der Waals surface area contributed by atoms with Gasteiger partial charge in [-0.25, -0.2) is 13.8 Å². The molecule has 29 heavy (non-hydrogen) atoms. The molecule has 2 heterocycles. The zero-order valence-corrected chi connectivity index (χ0v) is 17.4. The van der Waals surface area contributed by atoms with Gasteiger partial charge in [-0.05, 0) is 66.3 Å². The molecule has 2 aliphatic carbocycles. The summed E-state index contributed by atoms with van der Waals surface area (Å²) in [7, 11) is 0. The SMILES string of the molecule is CSc1cccc([C@]23CC[C@@H](c4cc(-c5c(F)cccc5F)nnc42)C3(C)C)n1. The zero-order valence-electron chi connectivity index (χ0n) is 16.5. The lowest BCUT2D eigenvalue weighted by molar-refractivity contribution is 0.242. The lowest BCUT2D eigenvalue weighted by Gasteiger charge is -2.37. The maximum absolute atomic E-state index is 14.3. The van der Waals surface area contributed by atoms with Crippen LogP contribution in [-0.2, 0) is 5.41 Å². The van der Waals surface area contributed by atoms with Gasteiger partial charge in [0.25, 0.3) is 0 Å². The molecule has 3 nitrogen and oxygen atoms in total. The van der Waals surface area contributed by atoms with E-state index in [4.69, 9.17) is 4.98 Å². The van der Waals surface area contributed by atoms with Crippen molar-refractivity contribution >= 4 is 11.8 Å². The highest BCUT2D eigenvalue weighted by Crippen LogP contribution is 2.69. The van der Waals surface area contributed by atoms with Crippen LogP contribution in [0.1, 0.15) is 49.6 Å². The minimum absolute atomic E-state index is 0.111. The quantitative estimate of drug-likeness (QED) is 0.517. The van der Waals surface area contributed by atoms with Crippen LogP contribution < -0.4 is 0 Å². The molecule has 5 rings (SSSR count). The Hall–Kier alpha value is -2.34. The van der Waals surface area contributed by atoms with Gasteiger partial charge in [0.05, 0.1) is 33.1 Å². The summed E-state index contributed by atoms with van der Waals surface area (Å²) in [6.45, 7) is 4.51. The maximum atomic E-state index is 14.3. The number of fused-ring (bicyclic) bond motifs is 5. The summed E-state index contributed by atoms with van der Waals surface area (Å²) in [5.74, 6) is -0.988. The third-order valence-electron chi connectivity index (χ3n) is 6.97. The molecular weight excluding hydrogens is 388 g/mol. The van der Waals surface area contributed by atoms with Crippen LogP contribution in [0.15, 0.2) is 47.5 Å². The van der Waals surface area contributed by atoms with Crippen molar-refractivity contribution < 1.29 is 8.78 Å². The molecule has 0 N–H and O–H groups in total. The van der Waals surface area contributed by atoms with Gasteiger partial charge in [0.1, 0.15) is 11.6 Å². The van der Waals surface area contributed by atoms with Gasteiger partial charge in [0, 0.05) is 0 Å². The van der Waals surface area contributed by atoms with Crippen molar-refractivity contribution in [2.24, 2.45) is 5.41 Å². The molecule has 2 atom stereocenters. The molecule has 0 amide bonds. The van der Waals surface area contributed by atoms with Crippen molar-refractivity contribution in [1.29, 1.82) is 0 Å². The maximum Gasteiger partial charge on any atom is 0.135 e. The number of halogens is 2. The summed E-state index contributed by atoms with van der Waals surface area (Å²) < 4.78 is 28.7. The first-order chi connectivity index (χ1) is 13.9. The molecule has 1 fully saturated rings. The molecule has 3 aromatic rings. The van der Waals surface area contributed by atoms with Crippen LogP contribution in [0.4, 0.5) is 8.78 Å². The van der Waals surface area contributed by atoms with Gasteiger partial charge in [-0.2, -0.15) is 5.10 Å². The Kier molecular flexibility index (Phi) is 4.07. The van der Waals surface area contributed by atoms with E-state index < -0.39 is 11.6 Å². The first-order valence-electron chi connectivity index (χ1n) is 9.74. The van der Waals surface area contributed by atoms with Crippen LogP contribution in [0.2, 0.25) is 0 Å². The predicted molar refractivity (Wildman–Crippen MR) is 110 cm³/mol. The van der Waals surface area contributed by atoms with Crippen LogP contribution in [0.5, 0.6) is 0 Å². The normalized spacial score (nSPS) is 24.0. The minimum Gasteiger partial charge on any atom is -0.246 e. The van der Waals surface area contributed by atoms with E-state index in [2.05, 4.69) is 30.1 Å². The molecule has 0 unspecified atom stereocenters. The molecule has 2 bridgehead atoms. The molecule has 1 saturated carbocycles. The van der Waals surface area contributed by atoms with E-state index in [1.165, 1.54) is 18.2 Å². The first kappa shape index (κ1) is 18.7. The van der Waals surface area contributed by atoms with E-state index in [1.54, 1.807) is 11.8 Å². The highest BCUT2D eigenvalue weighted by atomic mass is 32.2. The second-order valence-corrected chi connectivity index (χ2v) is 9.24. The highest BCUT2D eigenvalue weighted by Gasteiger charge is 2.65. The molecule has 2 aromatic heterocycles. The van der Waals surface area contributed by atoms with Gasteiger partial charge < -0.3 is 0 Å². The zero-order chi connectivity index (χ0) is 20.4. The Morgan fingerprint density at radius 2 is 1.76 bits per heavy atom. The third kappa shape index (κ3) is 2.38. The molecule has 148 valence electrons. The van der Waals surface area contributed by atoms with Crippen molar-refractivity contribution in [2.45, 2.75) is 43.0 Å². The highest BCUT2D eigenvalue weighted by molar-refractivity contribution is 7.98. The van der Waals surface area contributed by atoms with Crippen molar-refractivity contribution in [2.75, 3.05) is 6.26 Å². The number of hydrogen-bond acceptors (Lipinski definition) is 4. The Balaban J connectivity index is 1.72. The number of aromatic nitrogens is 3. The van der Waals surface area contributed by atoms with Crippen LogP contribution in [0.3, 0.4) is 0 Å². The minimum atomic E-state index is -0.620. The van der Waals surface area contributed by atoms with E-state index >= 15 is 0 Å². The third-order valence-corrected chi connectivity index (χ3v) is 7.62. The van der Waals surface area contributed by atoms with Crippen molar-refractivity contribution in [1.82, 2.24) is 15.2 Å². The van der Waals surface area contributed by atoms with Gasteiger partial charge in [-0.3, -0.25) is 0 Å². The van der Waals surface area contributed by atoms with Gasteiger partial charge in [0.15, 0.2) is 0 Å². The second kappa shape index (κ2) is 6.33. The summed E-state index contributed by atoms with van der Waals surface area (Å²) in [5.41, 5.74) is 2.66. The number of hydrogen-bond donors (Lipinski definition) is 0. The average molecular weight is 410 g/mol. The standard InChI is InChI=1S/C23H21F2N3S/c1-22(2)14-10-11-23(22,18-8-5-9-19(26-18)29-3)21-13(14)12-17(27-28-21)20-15(24)6-4-7-16(20)25/h4-9,12,14H,10-11H2,1-3H3/t14-,23+/m0/s1.